The molecule has 1 aromatic heterocycles. The van der Waals surface area contributed by atoms with Crippen LogP contribution in [0.2, 0.25) is 0 Å². The Hall–Kier alpha value is -0.870. The van der Waals surface area contributed by atoms with Crippen molar-refractivity contribution in [3.8, 4) is 0 Å². The average Bonchev–Trinajstić information content (AvgIpc) is 2.65. The Bertz CT molecular complexity index is 296. The summed E-state index contributed by atoms with van der Waals surface area (Å²) in [5.74, 6) is 0.513. The van der Waals surface area contributed by atoms with Gasteiger partial charge in [-0.2, -0.15) is 0 Å². The van der Waals surface area contributed by atoms with Crippen molar-refractivity contribution in [3.63, 3.8) is 0 Å². The van der Waals surface area contributed by atoms with Crippen molar-refractivity contribution >= 4 is 17.2 Å². The number of thiophene rings is 1. The number of amides is 1. The van der Waals surface area contributed by atoms with Crippen LogP contribution in [0.1, 0.15) is 16.6 Å². The lowest BCUT2D eigenvalue weighted by Crippen LogP contribution is -2.32. The molecule has 4 heteroatoms. The smallest absolute Gasteiger partial charge is 0.261 e. The van der Waals surface area contributed by atoms with Crippen LogP contribution in [0.5, 0.6) is 0 Å². The largest absolute Gasteiger partial charge is 0.351 e. The van der Waals surface area contributed by atoms with E-state index in [1.54, 1.807) is 0 Å². The number of rotatable bonds is 5. The summed E-state index contributed by atoms with van der Waals surface area (Å²) in [7, 11) is 4.08. The quantitative estimate of drug-likeness (QED) is 0.828. The van der Waals surface area contributed by atoms with E-state index in [0.717, 1.165) is 18.0 Å². The maximum atomic E-state index is 11.6. The molecule has 1 amide bonds. The zero-order valence-electron chi connectivity index (χ0n) is 9.49. The molecule has 3 nitrogen and oxygen atoms in total. The van der Waals surface area contributed by atoms with Gasteiger partial charge >= 0.3 is 0 Å². The number of nitrogens with zero attached hydrogens (tertiary/aromatic N) is 1. The van der Waals surface area contributed by atoms with Crippen LogP contribution in [0.3, 0.4) is 0 Å². The molecule has 0 fully saturated rings. The first-order valence-corrected chi connectivity index (χ1v) is 5.94. The van der Waals surface area contributed by atoms with E-state index in [1.165, 1.54) is 11.3 Å². The molecule has 1 N–H and O–H groups in total. The van der Waals surface area contributed by atoms with E-state index in [-0.39, 0.29) is 5.91 Å². The fourth-order valence-electron chi connectivity index (χ4n) is 1.45. The van der Waals surface area contributed by atoms with E-state index in [0.29, 0.717) is 5.92 Å². The topological polar surface area (TPSA) is 32.3 Å². The van der Waals surface area contributed by atoms with Gasteiger partial charge in [0, 0.05) is 13.1 Å². The fourth-order valence-corrected chi connectivity index (χ4v) is 2.09. The molecule has 1 heterocycles. The predicted molar refractivity (Wildman–Crippen MR) is 64.4 cm³/mol. The maximum absolute atomic E-state index is 11.6. The van der Waals surface area contributed by atoms with E-state index < -0.39 is 0 Å². The summed E-state index contributed by atoms with van der Waals surface area (Å²) in [4.78, 5) is 14.5. The normalized spacial score (nSPS) is 12.8. The van der Waals surface area contributed by atoms with Gasteiger partial charge < -0.3 is 10.2 Å². The third-order valence-corrected chi connectivity index (χ3v) is 2.90. The molecule has 0 aliphatic carbocycles. The number of nitrogens with one attached hydrogen (secondary N) is 1. The molecule has 0 radical (unpaired) electrons. The molecule has 1 rings (SSSR count). The minimum atomic E-state index is 0.0376. The second-order valence-electron chi connectivity index (χ2n) is 4.05. The van der Waals surface area contributed by atoms with E-state index in [1.807, 2.05) is 31.6 Å². The molecule has 15 heavy (non-hydrogen) atoms. The van der Waals surface area contributed by atoms with Crippen LogP contribution in [-0.4, -0.2) is 38.0 Å². The highest BCUT2D eigenvalue weighted by Gasteiger charge is 2.08. The van der Waals surface area contributed by atoms with E-state index >= 15 is 0 Å². The molecule has 84 valence electrons. The van der Waals surface area contributed by atoms with Gasteiger partial charge in [0.25, 0.3) is 5.91 Å². The zero-order chi connectivity index (χ0) is 11.3. The minimum Gasteiger partial charge on any atom is -0.351 e. The summed E-state index contributed by atoms with van der Waals surface area (Å²) in [6, 6.07) is 3.74. The molecular formula is C11H18N2OS. The number of hydrogen-bond acceptors (Lipinski definition) is 3. The lowest BCUT2D eigenvalue weighted by Gasteiger charge is -2.16. The highest BCUT2D eigenvalue weighted by atomic mass is 32.1. The second-order valence-corrected chi connectivity index (χ2v) is 5.00. The highest BCUT2D eigenvalue weighted by Crippen LogP contribution is 2.07. The predicted octanol–water partition coefficient (Wildman–Crippen LogP) is 1.68. The maximum Gasteiger partial charge on any atom is 0.261 e. The van der Waals surface area contributed by atoms with Crippen LogP contribution in [0.15, 0.2) is 17.5 Å². The van der Waals surface area contributed by atoms with Gasteiger partial charge in [-0.15, -0.1) is 11.3 Å². The fraction of sp³-hybridized carbons (Fsp3) is 0.545. The van der Waals surface area contributed by atoms with Crippen molar-refractivity contribution in [2.24, 2.45) is 5.92 Å². The molecule has 0 aromatic carbocycles. The lowest BCUT2D eigenvalue weighted by molar-refractivity contribution is 0.0950. The summed E-state index contributed by atoms with van der Waals surface area (Å²) in [6.07, 6.45) is 0. The Morgan fingerprint density at radius 2 is 2.33 bits per heavy atom. The number of carbonyl (C=O) groups excluding carboxylic acids is 1. The third-order valence-electron chi connectivity index (χ3n) is 2.03. The van der Waals surface area contributed by atoms with Crippen LogP contribution >= 0.6 is 11.3 Å². The minimum absolute atomic E-state index is 0.0376. The van der Waals surface area contributed by atoms with Crippen molar-refractivity contribution in [1.29, 1.82) is 0 Å². The summed E-state index contributed by atoms with van der Waals surface area (Å²) < 4.78 is 0. The summed E-state index contributed by atoms with van der Waals surface area (Å²) >= 11 is 1.47. The molecule has 0 saturated carbocycles. The van der Waals surface area contributed by atoms with Crippen molar-refractivity contribution in [1.82, 2.24) is 10.2 Å². The van der Waals surface area contributed by atoms with Gasteiger partial charge in [-0.25, -0.2) is 0 Å². The number of carbonyl (C=O) groups is 1. The van der Waals surface area contributed by atoms with Crippen molar-refractivity contribution < 1.29 is 4.79 Å². The van der Waals surface area contributed by atoms with Crippen LogP contribution in [-0.2, 0) is 0 Å². The summed E-state index contributed by atoms with van der Waals surface area (Å²) in [5.41, 5.74) is 0. The first-order valence-electron chi connectivity index (χ1n) is 5.06. The zero-order valence-corrected chi connectivity index (χ0v) is 10.3. The van der Waals surface area contributed by atoms with Gasteiger partial charge in [-0.3, -0.25) is 4.79 Å². The van der Waals surface area contributed by atoms with Gasteiger partial charge in [-0.1, -0.05) is 13.0 Å². The van der Waals surface area contributed by atoms with Crippen LogP contribution in [0, 0.1) is 5.92 Å². The SMILES string of the molecule is C[C@@H](CNC(=O)c1cccs1)CN(C)C. The second kappa shape index (κ2) is 5.88. The molecule has 0 spiro atoms. The third kappa shape index (κ3) is 4.44. The van der Waals surface area contributed by atoms with Gasteiger partial charge in [0.2, 0.25) is 0 Å². The molecule has 0 aliphatic rings. The highest BCUT2D eigenvalue weighted by molar-refractivity contribution is 7.12. The van der Waals surface area contributed by atoms with Gasteiger partial charge in [-0.05, 0) is 31.5 Å². The van der Waals surface area contributed by atoms with Gasteiger partial charge in [0.05, 0.1) is 4.88 Å². The first kappa shape index (κ1) is 12.2. The molecule has 1 atom stereocenters. The van der Waals surface area contributed by atoms with E-state index in [9.17, 15) is 4.79 Å². The monoisotopic (exact) mass is 226 g/mol. The van der Waals surface area contributed by atoms with E-state index in [4.69, 9.17) is 0 Å². The number of hydrogen-bond donors (Lipinski definition) is 1. The van der Waals surface area contributed by atoms with Gasteiger partial charge in [0.1, 0.15) is 0 Å². The standard InChI is InChI=1S/C11H18N2OS/c1-9(8-13(2)3)7-12-11(14)10-5-4-6-15-10/h4-6,9H,7-8H2,1-3H3,(H,12,14)/t9-/m0/s1. The molecule has 0 aliphatic heterocycles. The average molecular weight is 226 g/mol. The van der Waals surface area contributed by atoms with Crippen LogP contribution in [0.25, 0.3) is 0 Å². The summed E-state index contributed by atoms with van der Waals surface area (Å²) in [5, 5.41) is 4.85. The molecule has 0 bridgehead atoms. The molecule has 0 unspecified atom stereocenters. The van der Waals surface area contributed by atoms with E-state index in [2.05, 4.69) is 17.1 Å². The Kier molecular flexibility index (Phi) is 4.78. The van der Waals surface area contributed by atoms with Crippen LogP contribution < -0.4 is 5.32 Å². The summed E-state index contributed by atoms with van der Waals surface area (Å²) in [6.45, 7) is 3.86. The van der Waals surface area contributed by atoms with Crippen molar-refractivity contribution in [2.45, 2.75) is 6.92 Å². The van der Waals surface area contributed by atoms with Crippen molar-refractivity contribution in [3.05, 3.63) is 22.4 Å². The lowest BCUT2D eigenvalue weighted by atomic mass is 10.2. The Balaban J connectivity index is 2.28. The molecular weight excluding hydrogens is 208 g/mol. The first-order chi connectivity index (χ1) is 7.09. The van der Waals surface area contributed by atoms with Crippen LogP contribution in [0.4, 0.5) is 0 Å². The Labute approximate surface area is 95.1 Å². The Morgan fingerprint density at radius 1 is 1.60 bits per heavy atom. The molecule has 1 aromatic rings. The molecule has 0 saturated heterocycles. The van der Waals surface area contributed by atoms with Crippen molar-refractivity contribution in [2.75, 3.05) is 27.2 Å². The Morgan fingerprint density at radius 3 is 2.87 bits per heavy atom. The van der Waals surface area contributed by atoms with Gasteiger partial charge in [0.15, 0.2) is 0 Å².